The van der Waals surface area contributed by atoms with E-state index in [1.165, 1.54) is 0 Å². The molecule has 1 saturated carbocycles. The van der Waals surface area contributed by atoms with E-state index in [0.717, 1.165) is 22.4 Å². The molecule has 0 bridgehead atoms. The highest BCUT2D eigenvalue weighted by molar-refractivity contribution is 7.12. The van der Waals surface area contributed by atoms with E-state index in [1.807, 2.05) is 24.4 Å². The highest BCUT2D eigenvalue weighted by Gasteiger charge is 2.42. The second-order valence-electron chi connectivity index (χ2n) is 6.16. The molecule has 3 aromatic rings. The van der Waals surface area contributed by atoms with Crippen molar-refractivity contribution in [3.8, 4) is 11.3 Å². The van der Waals surface area contributed by atoms with Crippen LogP contribution in [0.1, 0.15) is 35.5 Å². The number of amides is 1. The van der Waals surface area contributed by atoms with Crippen molar-refractivity contribution in [1.29, 1.82) is 0 Å². The first kappa shape index (κ1) is 16.1. The number of alkyl halides is 2. The van der Waals surface area contributed by atoms with E-state index in [1.54, 1.807) is 16.1 Å². The molecule has 4 rings (SSSR count). The molecule has 0 spiro atoms. The van der Waals surface area contributed by atoms with E-state index in [0.29, 0.717) is 25.0 Å². The van der Waals surface area contributed by atoms with Gasteiger partial charge in [0.25, 0.3) is 11.8 Å². The Hall–Kier alpha value is -2.35. The minimum absolute atomic E-state index is 0.177. The number of carbonyl (C=O) groups is 1. The zero-order chi connectivity index (χ0) is 17.4. The number of thiazole rings is 1. The highest BCUT2D eigenvalue weighted by Crippen LogP contribution is 2.34. The van der Waals surface area contributed by atoms with Crippen molar-refractivity contribution in [2.24, 2.45) is 0 Å². The summed E-state index contributed by atoms with van der Waals surface area (Å²) in [5, 5.41) is 8.64. The summed E-state index contributed by atoms with van der Waals surface area (Å²) in [5.74, 6) is -3.39. The third-order valence-electron chi connectivity index (χ3n) is 4.47. The van der Waals surface area contributed by atoms with E-state index in [2.05, 4.69) is 15.4 Å². The van der Waals surface area contributed by atoms with Gasteiger partial charge in [0.1, 0.15) is 0 Å². The first-order valence-electron chi connectivity index (χ1n) is 8.11. The maximum Gasteiger partial charge on any atom is 0.280 e. The zero-order valence-corrected chi connectivity index (χ0v) is 14.1. The predicted octanol–water partition coefficient (Wildman–Crippen LogP) is 3.77. The Morgan fingerprint density at radius 3 is 3.08 bits per heavy atom. The van der Waals surface area contributed by atoms with Crippen LogP contribution < -0.4 is 5.32 Å². The molecule has 0 aromatic carbocycles. The maximum atomic E-state index is 13.9. The fourth-order valence-corrected chi connectivity index (χ4v) is 3.85. The van der Waals surface area contributed by atoms with E-state index >= 15 is 0 Å². The van der Waals surface area contributed by atoms with Crippen molar-refractivity contribution in [1.82, 2.24) is 19.9 Å². The average molecular weight is 362 g/mol. The molecule has 1 aliphatic rings. The number of pyridine rings is 1. The van der Waals surface area contributed by atoms with Crippen molar-refractivity contribution < 1.29 is 13.6 Å². The molecule has 1 fully saturated rings. The van der Waals surface area contributed by atoms with Crippen LogP contribution >= 0.6 is 11.3 Å². The van der Waals surface area contributed by atoms with Gasteiger partial charge in [-0.05, 0) is 25.0 Å². The zero-order valence-electron chi connectivity index (χ0n) is 13.3. The van der Waals surface area contributed by atoms with Gasteiger partial charge in [0, 0.05) is 23.6 Å². The van der Waals surface area contributed by atoms with Gasteiger partial charge in [-0.3, -0.25) is 4.79 Å². The average Bonchev–Trinajstić information content (AvgIpc) is 3.23. The van der Waals surface area contributed by atoms with Crippen LogP contribution in [0, 0.1) is 0 Å². The van der Waals surface area contributed by atoms with Crippen LogP contribution in [0.25, 0.3) is 16.8 Å². The normalized spacial score (nSPS) is 19.8. The summed E-state index contributed by atoms with van der Waals surface area (Å²) in [6, 6.07) is 4.56. The van der Waals surface area contributed by atoms with Crippen molar-refractivity contribution >= 4 is 22.8 Å². The Bertz CT molecular complexity index is 920. The number of nitrogens with zero attached hydrogens (tertiary/aromatic N) is 3. The Labute approximate surface area is 146 Å². The van der Waals surface area contributed by atoms with Crippen molar-refractivity contribution in [2.45, 2.75) is 37.6 Å². The van der Waals surface area contributed by atoms with Gasteiger partial charge in [0.05, 0.1) is 23.4 Å². The maximum absolute atomic E-state index is 13.9. The molecular weight excluding hydrogens is 346 g/mol. The second kappa shape index (κ2) is 6.18. The van der Waals surface area contributed by atoms with Crippen LogP contribution in [0.4, 0.5) is 8.78 Å². The molecule has 8 heteroatoms. The highest BCUT2D eigenvalue weighted by atomic mass is 32.1. The smallest absolute Gasteiger partial charge is 0.280 e. The van der Waals surface area contributed by atoms with Crippen LogP contribution in [0.2, 0.25) is 0 Å². The minimum Gasteiger partial charge on any atom is -0.341 e. The quantitative estimate of drug-likeness (QED) is 0.772. The van der Waals surface area contributed by atoms with Gasteiger partial charge in [-0.25, -0.2) is 18.3 Å². The van der Waals surface area contributed by atoms with E-state index in [-0.39, 0.29) is 11.4 Å². The Balaban J connectivity index is 1.56. The molecule has 3 aromatic heterocycles. The number of hydrogen-bond donors (Lipinski definition) is 1. The third kappa shape index (κ3) is 3.02. The molecule has 1 N–H and O–H groups in total. The van der Waals surface area contributed by atoms with E-state index in [4.69, 9.17) is 0 Å². The fourth-order valence-electron chi connectivity index (χ4n) is 3.13. The lowest BCUT2D eigenvalue weighted by Crippen LogP contribution is -2.49. The number of hydrogen-bond acceptors (Lipinski definition) is 4. The molecule has 130 valence electrons. The van der Waals surface area contributed by atoms with Gasteiger partial charge in [-0.2, -0.15) is 5.10 Å². The molecule has 3 heterocycles. The van der Waals surface area contributed by atoms with Crippen LogP contribution in [0.15, 0.2) is 36.0 Å². The lowest BCUT2D eigenvalue weighted by molar-refractivity contribution is -0.0609. The van der Waals surface area contributed by atoms with E-state index < -0.39 is 17.9 Å². The topological polar surface area (TPSA) is 59.3 Å². The van der Waals surface area contributed by atoms with Crippen LogP contribution in [-0.2, 0) is 0 Å². The number of nitrogens with one attached hydrogen (secondary N) is 1. The number of carbonyl (C=O) groups excluding carboxylic acids is 1. The van der Waals surface area contributed by atoms with Crippen molar-refractivity contribution in [3.63, 3.8) is 0 Å². The summed E-state index contributed by atoms with van der Waals surface area (Å²) in [6.45, 7) is 0. The molecule has 25 heavy (non-hydrogen) atoms. The van der Waals surface area contributed by atoms with Gasteiger partial charge < -0.3 is 5.32 Å². The van der Waals surface area contributed by atoms with Crippen molar-refractivity contribution in [3.05, 3.63) is 41.0 Å². The third-order valence-corrected chi connectivity index (χ3v) is 5.31. The van der Waals surface area contributed by atoms with Gasteiger partial charge >= 0.3 is 0 Å². The summed E-state index contributed by atoms with van der Waals surface area (Å²) in [6.07, 6.45) is 4.82. The van der Waals surface area contributed by atoms with Crippen LogP contribution in [0.5, 0.6) is 0 Å². The van der Waals surface area contributed by atoms with Gasteiger partial charge in [-0.1, -0.05) is 12.5 Å². The Morgan fingerprint density at radius 2 is 2.24 bits per heavy atom. The number of halogens is 2. The molecule has 5 nitrogen and oxygen atoms in total. The standard InChI is InChI=1S/C17H16F2N4OS/c18-17(19)7-3-1-6-14(17)22-15(24)16-21-12(10-25-16)11-9-20-23-8-4-2-5-13(11)23/h2,4-5,8-10,14H,1,3,6-7H2,(H,22,24)/t14-/m1/s1. The SMILES string of the molecule is O=C(N[C@@H]1CCCCC1(F)F)c1nc(-c2cnn3ccccc23)cs1. The molecule has 0 saturated heterocycles. The largest absolute Gasteiger partial charge is 0.341 e. The summed E-state index contributed by atoms with van der Waals surface area (Å²) in [5.41, 5.74) is 2.30. The summed E-state index contributed by atoms with van der Waals surface area (Å²) >= 11 is 1.15. The predicted molar refractivity (Wildman–Crippen MR) is 91.0 cm³/mol. The van der Waals surface area contributed by atoms with Gasteiger partial charge in [0.2, 0.25) is 0 Å². The molecule has 1 amide bonds. The number of aromatic nitrogens is 3. The molecule has 1 atom stereocenters. The molecule has 1 aliphatic carbocycles. The van der Waals surface area contributed by atoms with Crippen molar-refractivity contribution in [2.75, 3.05) is 0 Å². The Kier molecular flexibility index (Phi) is 3.99. The second-order valence-corrected chi connectivity index (χ2v) is 7.02. The molecule has 0 unspecified atom stereocenters. The molecular formula is C17H16F2N4OS. The first-order valence-corrected chi connectivity index (χ1v) is 8.99. The number of fused-ring (bicyclic) bond motifs is 1. The first-order chi connectivity index (χ1) is 12.0. The summed E-state index contributed by atoms with van der Waals surface area (Å²) in [7, 11) is 0. The minimum atomic E-state index is -2.85. The number of rotatable bonds is 3. The van der Waals surface area contributed by atoms with Gasteiger partial charge in [0.15, 0.2) is 5.01 Å². The van der Waals surface area contributed by atoms with E-state index in [9.17, 15) is 13.6 Å². The van der Waals surface area contributed by atoms with Crippen LogP contribution in [0.3, 0.4) is 0 Å². The monoisotopic (exact) mass is 362 g/mol. The molecule has 0 radical (unpaired) electrons. The summed E-state index contributed by atoms with van der Waals surface area (Å²) in [4.78, 5) is 16.7. The lowest BCUT2D eigenvalue weighted by Gasteiger charge is -2.31. The van der Waals surface area contributed by atoms with Crippen LogP contribution in [-0.4, -0.2) is 32.5 Å². The Morgan fingerprint density at radius 1 is 1.36 bits per heavy atom. The summed E-state index contributed by atoms with van der Waals surface area (Å²) < 4.78 is 29.5. The van der Waals surface area contributed by atoms with Gasteiger partial charge in [-0.15, -0.1) is 11.3 Å². The fraction of sp³-hybridized carbons (Fsp3) is 0.353. The lowest BCUT2D eigenvalue weighted by atomic mass is 9.91. The molecule has 0 aliphatic heterocycles.